The molecule has 0 unspecified atom stereocenters. The Bertz CT molecular complexity index is 673. The maximum atomic E-state index is 12.3. The minimum absolute atomic E-state index is 0.206. The number of aromatic nitrogens is 1. The number of alkyl halides is 3. The summed E-state index contributed by atoms with van der Waals surface area (Å²) in [5.41, 5.74) is 4.93. The number of halogens is 3. The predicted octanol–water partition coefficient (Wildman–Crippen LogP) is 3.22. The van der Waals surface area contributed by atoms with Gasteiger partial charge in [-0.1, -0.05) is 11.8 Å². The second-order valence-electron chi connectivity index (χ2n) is 6.21. The molecule has 6 nitrogen and oxygen atoms in total. The average molecular weight is 359 g/mol. The fourth-order valence-electron chi connectivity index (χ4n) is 1.60. The summed E-state index contributed by atoms with van der Waals surface area (Å²) in [5.74, 6) is 4.39. The van der Waals surface area contributed by atoms with Gasteiger partial charge in [0.05, 0.1) is 0 Å². The van der Waals surface area contributed by atoms with Crippen molar-refractivity contribution in [2.75, 3.05) is 5.73 Å². The number of alkyl carbamates (subject to hydrolysis) is 1. The second-order valence-corrected chi connectivity index (χ2v) is 6.21. The summed E-state index contributed by atoms with van der Waals surface area (Å²) in [7, 11) is 0. The van der Waals surface area contributed by atoms with E-state index in [1.165, 1.54) is 6.20 Å². The van der Waals surface area contributed by atoms with Crippen LogP contribution in [0.4, 0.5) is 23.8 Å². The second kappa shape index (κ2) is 7.96. The molecule has 0 spiro atoms. The lowest BCUT2D eigenvalue weighted by molar-refractivity contribution is -0.274. The van der Waals surface area contributed by atoms with Gasteiger partial charge in [-0.3, -0.25) is 0 Å². The largest absolute Gasteiger partial charge is 0.573 e. The maximum absolute atomic E-state index is 12.3. The molecule has 1 atom stereocenters. The third-order valence-electron chi connectivity index (χ3n) is 2.51. The smallest absolute Gasteiger partial charge is 0.444 e. The number of nitrogens with one attached hydrogen (secondary N) is 1. The van der Waals surface area contributed by atoms with Crippen LogP contribution in [0.15, 0.2) is 12.3 Å². The summed E-state index contributed by atoms with van der Waals surface area (Å²) in [6.07, 6.45) is -3.94. The summed E-state index contributed by atoms with van der Waals surface area (Å²) in [5, 5.41) is 2.60. The molecule has 1 rings (SSSR count). The molecule has 0 aliphatic heterocycles. The van der Waals surface area contributed by atoms with Crippen LogP contribution in [-0.4, -0.2) is 29.1 Å². The Morgan fingerprint density at radius 1 is 1.40 bits per heavy atom. The number of carbonyl (C=O) groups is 1. The van der Waals surface area contributed by atoms with Crippen molar-refractivity contribution in [2.45, 2.75) is 52.1 Å². The number of amides is 1. The minimum atomic E-state index is -4.87. The first-order valence-corrected chi connectivity index (χ1v) is 7.35. The van der Waals surface area contributed by atoms with E-state index in [0.29, 0.717) is 0 Å². The van der Waals surface area contributed by atoms with Crippen LogP contribution in [-0.2, 0) is 4.74 Å². The third-order valence-corrected chi connectivity index (χ3v) is 2.51. The van der Waals surface area contributed by atoms with Crippen molar-refractivity contribution in [3.63, 3.8) is 0 Å². The van der Waals surface area contributed by atoms with Gasteiger partial charge in [0.1, 0.15) is 5.60 Å². The highest BCUT2D eigenvalue weighted by atomic mass is 19.4. The van der Waals surface area contributed by atoms with E-state index in [1.54, 1.807) is 27.7 Å². The number of carbonyl (C=O) groups excluding carboxylic acids is 1. The first-order chi connectivity index (χ1) is 11.4. The Hall–Kier alpha value is -2.63. The van der Waals surface area contributed by atoms with Crippen LogP contribution >= 0.6 is 0 Å². The van der Waals surface area contributed by atoms with E-state index in [2.05, 4.69) is 26.9 Å². The lowest BCUT2D eigenvalue weighted by Gasteiger charge is -2.21. The molecule has 1 aromatic rings. The molecule has 1 amide bonds. The van der Waals surface area contributed by atoms with Crippen LogP contribution in [0.2, 0.25) is 0 Å². The van der Waals surface area contributed by atoms with Gasteiger partial charge in [0.15, 0.2) is 11.6 Å². The number of hydrogen-bond acceptors (Lipinski definition) is 5. The molecule has 9 heteroatoms. The SMILES string of the molecule is C[C@@H](CC#Cc1cnc(N)c(OC(F)(F)F)c1)NC(=O)OC(C)(C)C. The van der Waals surface area contributed by atoms with Gasteiger partial charge in [0, 0.05) is 30.3 Å². The molecular weight excluding hydrogens is 339 g/mol. The van der Waals surface area contributed by atoms with Gasteiger partial charge in [0.2, 0.25) is 0 Å². The lowest BCUT2D eigenvalue weighted by Crippen LogP contribution is -2.37. The summed E-state index contributed by atoms with van der Waals surface area (Å²) < 4.78 is 45.6. The van der Waals surface area contributed by atoms with Crippen molar-refractivity contribution in [3.8, 4) is 17.6 Å². The minimum Gasteiger partial charge on any atom is -0.444 e. The van der Waals surface area contributed by atoms with Crippen molar-refractivity contribution in [2.24, 2.45) is 0 Å². The number of pyridine rings is 1. The van der Waals surface area contributed by atoms with Gasteiger partial charge in [-0.25, -0.2) is 9.78 Å². The molecule has 0 saturated heterocycles. The van der Waals surface area contributed by atoms with Gasteiger partial charge in [-0.15, -0.1) is 13.2 Å². The quantitative estimate of drug-likeness (QED) is 0.810. The normalized spacial score (nSPS) is 12.6. The van der Waals surface area contributed by atoms with Crippen molar-refractivity contribution in [1.82, 2.24) is 10.3 Å². The monoisotopic (exact) mass is 359 g/mol. The molecule has 0 aliphatic carbocycles. The summed E-state index contributed by atoms with van der Waals surface area (Å²) >= 11 is 0. The van der Waals surface area contributed by atoms with Crippen LogP contribution in [0.25, 0.3) is 0 Å². The molecular formula is C16H20F3N3O3. The molecule has 25 heavy (non-hydrogen) atoms. The zero-order valence-electron chi connectivity index (χ0n) is 14.3. The van der Waals surface area contributed by atoms with Crippen LogP contribution in [0.3, 0.4) is 0 Å². The molecule has 0 saturated carbocycles. The van der Waals surface area contributed by atoms with Gasteiger partial charge in [-0.2, -0.15) is 0 Å². The molecule has 0 aromatic carbocycles. The average Bonchev–Trinajstić information content (AvgIpc) is 2.38. The number of nitrogens with two attached hydrogens (primary N) is 1. The Morgan fingerprint density at radius 3 is 2.60 bits per heavy atom. The van der Waals surface area contributed by atoms with Crippen molar-refractivity contribution in [3.05, 3.63) is 17.8 Å². The summed E-state index contributed by atoms with van der Waals surface area (Å²) in [4.78, 5) is 15.2. The zero-order chi connectivity index (χ0) is 19.3. The summed E-state index contributed by atoms with van der Waals surface area (Å²) in [6.45, 7) is 6.95. The predicted molar refractivity (Wildman–Crippen MR) is 85.7 cm³/mol. The first kappa shape index (κ1) is 20.4. The van der Waals surface area contributed by atoms with E-state index in [0.717, 1.165) is 6.07 Å². The zero-order valence-corrected chi connectivity index (χ0v) is 14.3. The van der Waals surface area contributed by atoms with Gasteiger partial charge < -0.3 is 20.5 Å². The molecule has 0 fully saturated rings. The van der Waals surface area contributed by atoms with Gasteiger partial charge in [-0.05, 0) is 27.7 Å². The van der Waals surface area contributed by atoms with Crippen LogP contribution in [0, 0.1) is 11.8 Å². The van der Waals surface area contributed by atoms with E-state index < -0.39 is 23.8 Å². The van der Waals surface area contributed by atoms with Crippen molar-refractivity contribution < 1.29 is 27.4 Å². The molecule has 3 N–H and O–H groups in total. The van der Waals surface area contributed by atoms with Crippen LogP contribution < -0.4 is 15.8 Å². The Labute approximate surface area is 143 Å². The highest BCUT2D eigenvalue weighted by Crippen LogP contribution is 2.27. The first-order valence-electron chi connectivity index (χ1n) is 7.35. The van der Waals surface area contributed by atoms with Gasteiger partial charge >= 0.3 is 12.5 Å². The number of anilines is 1. The molecule has 1 aromatic heterocycles. The number of hydrogen-bond donors (Lipinski definition) is 2. The van der Waals surface area contributed by atoms with E-state index >= 15 is 0 Å². The van der Waals surface area contributed by atoms with E-state index in [9.17, 15) is 18.0 Å². The van der Waals surface area contributed by atoms with Gasteiger partial charge in [0.25, 0.3) is 0 Å². The third kappa shape index (κ3) is 8.69. The van der Waals surface area contributed by atoms with Crippen molar-refractivity contribution >= 4 is 11.9 Å². The lowest BCUT2D eigenvalue weighted by atomic mass is 10.2. The fourth-order valence-corrected chi connectivity index (χ4v) is 1.60. The number of nitrogen functional groups attached to an aromatic ring is 1. The number of nitrogens with zero attached hydrogens (tertiary/aromatic N) is 1. The topological polar surface area (TPSA) is 86.5 Å². The molecule has 1 heterocycles. The summed E-state index contributed by atoms with van der Waals surface area (Å²) in [6, 6.07) is 0.740. The molecule has 0 aliphatic rings. The molecule has 138 valence electrons. The van der Waals surface area contributed by atoms with E-state index in [-0.39, 0.29) is 23.8 Å². The Balaban J connectivity index is 2.66. The number of rotatable bonds is 3. The Kier molecular flexibility index (Phi) is 6.50. The Morgan fingerprint density at radius 2 is 2.04 bits per heavy atom. The van der Waals surface area contributed by atoms with Crippen molar-refractivity contribution in [1.29, 1.82) is 0 Å². The highest BCUT2D eigenvalue weighted by molar-refractivity contribution is 5.68. The highest BCUT2D eigenvalue weighted by Gasteiger charge is 2.32. The fraction of sp³-hybridized carbons (Fsp3) is 0.500. The van der Waals surface area contributed by atoms with E-state index in [1.807, 2.05) is 0 Å². The standard InChI is InChI=1S/C16H20F3N3O3/c1-10(22-14(23)25-15(2,3)4)6-5-7-11-8-12(13(20)21-9-11)24-16(17,18)19/h8-10H,6H2,1-4H3,(H2,20,21)(H,22,23)/t10-/m0/s1. The van der Waals surface area contributed by atoms with E-state index in [4.69, 9.17) is 10.5 Å². The number of ether oxygens (including phenoxy) is 2. The maximum Gasteiger partial charge on any atom is 0.573 e. The molecule has 0 radical (unpaired) electrons. The molecule has 0 bridgehead atoms. The van der Waals surface area contributed by atoms with Crippen LogP contribution in [0.5, 0.6) is 5.75 Å². The van der Waals surface area contributed by atoms with Crippen LogP contribution in [0.1, 0.15) is 39.7 Å².